The third-order valence-corrected chi connectivity index (χ3v) is 4.77. The van der Waals surface area contributed by atoms with E-state index in [1.807, 2.05) is 0 Å². The first-order chi connectivity index (χ1) is 13.9. The molecule has 1 saturated carbocycles. The number of hydrogen-bond acceptors (Lipinski definition) is 7. The van der Waals surface area contributed by atoms with E-state index >= 15 is 0 Å². The standard InChI is InChI=1S/C18H17FN6O4/c1-24-17(27)13(22-25(18(24)28)12-8-6-10(19)7-9-12)14-21-16(29-23-14)15(26)20-11-4-2-3-5-11/h6-9,11H,2-5H2,1H3,(H,20,26). The fraction of sp³-hybridized carbons (Fsp3) is 0.333. The molecule has 11 heteroatoms. The van der Waals surface area contributed by atoms with Crippen LogP contribution in [-0.2, 0) is 7.05 Å². The van der Waals surface area contributed by atoms with Crippen LogP contribution in [0.15, 0.2) is 38.4 Å². The lowest BCUT2D eigenvalue weighted by Crippen LogP contribution is -2.40. The molecule has 0 saturated heterocycles. The average molecular weight is 400 g/mol. The molecule has 0 bridgehead atoms. The molecule has 0 aliphatic heterocycles. The summed E-state index contributed by atoms with van der Waals surface area (Å²) in [6, 6.07) is 5.06. The molecule has 1 fully saturated rings. The van der Waals surface area contributed by atoms with E-state index in [-0.39, 0.29) is 29.1 Å². The fourth-order valence-corrected chi connectivity index (χ4v) is 3.19. The van der Waals surface area contributed by atoms with Crippen LogP contribution in [0, 0.1) is 5.82 Å². The Hall–Kier alpha value is -3.63. The Bertz CT molecular complexity index is 1170. The molecule has 29 heavy (non-hydrogen) atoms. The molecule has 1 aromatic carbocycles. The monoisotopic (exact) mass is 400 g/mol. The van der Waals surface area contributed by atoms with Gasteiger partial charge in [0, 0.05) is 13.1 Å². The molecule has 3 aromatic rings. The summed E-state index contributed by atoms with van der Waals surface area (Å²) in [5.74, 6) is -1.53. The fourth-order valence-electron chi connectivity index (χ4n) is 3.19. The number of aromatic nitrogens is 5. The lowest BCUT2D eigenvalue weighted by molar-refractivity contribution is 0.0893. The second-order valence-electron chi connectivity index (χ2n) is 6.76. The first-order valence-corrected chi connectivity index (χ1v) is 9.05. The van der Waals surface area contributed by atoms with Crippen molar-refractivity contribution in [1.29, 1.82) is 0 Å². The van der Waals surface area contributed by atoms with Crippen LogP contribution in [0.1, 0.15) is 36.4 Å². The minimum absolute atomic E-state index is 0.0595. The van der Waals surface area contributed by atoms with E-state index in [4.69, 9.17) is 4.52 Å². The van der Waals surface area contributed by atoms with E-state index in [1.165, 1.54) is 19.2 Å². The summed E-state index contributed by atoms with van der Waals surface area (Å²) in [4.78, 5) is 41.1. The van der Waals surface area contributed by atoms with Gasteiger partial charge in [0.2, 0.25) is 5.82 Å². The van der Waals surface area contributed by atoms with Crippen molar-refractivity contribution in [3.8, 4) is 17.2 Å². The van der Waals surface area contributed by atoms with Gasteiger partial charge >= 0.3 is 17.5 Å². The van der Waals surface area contributed by atoms with Gasteiger partial charge in [0.05, 0.1) is 5.69 Å². The van der Waals surface area contributed by atoms with Crippen LogP contribution in [0.4, 0.5) is 4.39 Å². The summed E-state index contributed by atoms with van der Waals surface area (Å²) < 4.78 is 19.9. The van der Waals surface area contributed by atoms with Crippen molar-refractivity contribution in [1.82, 2.24) is 29.8 Å². The Morgan fingerprint density at radius 1 is 1.21 bits per heavy atom. The van der Waals surface area contributed by atoms with Crippen molar-refractivity contribution in [3.05, 3.63) is 56.8 Å². The summed E-state index contributed by atoms with van der Waals surface area (Å²) >= 11 is 0. The number of amides is 1. The van der Waals surface area contributed by atoms with E-state index in [0.717, 1.165) is 47.1 Å². The Balaban J connectivity index is 1.71. The van der Waals surface area contributed by atoms with E-state index in [1.54, 1.807) is 0 Å². The van der Waals surface area contributed by atoms with Gasteiger partial charge in [0.25, 0.3) is 5.56 Å². The van der Waals surface area contributed by atoms with Gasteiger partial charge in [-0.1, -0.05) is 18.0 Å². The van der Waals surface area contributed by atoms with Crippen LogP contribution in [0.25, 0.3) is 17.2 Å². The van der Waals surface area contributed by atoms with Gasteiger partial charge in [-0.25, -0.2) is 9.18 Å². The molecule has 0 atom stereocenters. The molecule has 1 aliphatic carbocycles. The maximum atomic E-state index is 13.2. The molecule has 4 rings (SSSR count). The molecule has 2 aromatic heterocycles. The Morgan fingerprint density at radius 3 is 2.59 bits per heavy atom. The normalized spacial score (nSPS) is 14.3. The molecule has 0 radical (unpaired) electrons. The van der Waals surface area contributed by atoms with Crippen molar-refractivity contribution in [2.24, 2.45) is 7.05 Å². The van der Waals surface area contributed by atoms with E-state index in [2.05, 4.69) is 20.6 Å². The summed E-state index contributed by atoms with van der Waals surface area (Å²) in [6.45, 7) is 0. The number of rotatable bonds is 4. The molecule has 2 heterocycles. The minimum Gasteiger partial charge on any atom is -0.345 e. The third kappa shape index (κ3) is 3.58. The predicted molar refractivity (Wildman–Crippen MR) is 98.0 cm³/mol. The van der Waals surface area contributed by atoms with Crippen LogP contribution in [0.2, 0.25) is 0 Å². The van der Waals surface area contributed by atoms with Crippen LogP contribution >= 0.6 is 0 Å². The van der Waals surface area contributed by atoms with E-state index in [0.29, 0.717) is 0 Å². The molecule has 1 amide bonds. The predicted octanol–water partition coefficient (Wildman–Crippen LogP) is 0.793. The first-order valence-electron chi connectivity index (χ1n) is 9.05. The van der Waals surface area contributed by atoms with Crippen molar-refractivity contribution < 1.29 is 13.7 Å². The Morgan fingerprint density at radius 2 is 1.90 bits per heavy atom. The second-order valence-corrected chi connectivity index (χ2v) is 6.76. The zero-order valence-corrected chi connectivity index (χ0v) is 15.5. The van der Waals surface area contributed by atoms with E-state index in [9.17, 15) is 18.8 Å². The highest BCUT2D eigenvalue weighted by atomic mass is 19.1. The topological polar surface area (TPSA) is 125 Å². The van der Waals surface area contributed by atoms with Crippen molar-refractivity contribution in [2.75, 3.05) is 0 Å². The van der Waals surface area contributed by atoms with Gasteiger partial charge in [0.1, 0.15) is 5.82 Å². The molecular weight excluding hydrogens is 383 g/mol. The summed E-state index contributed by atoms with van der Waals surface area (Å²) in [5.41, 5.74) is -1.51. The van der Waals surface area contributed by atoms with Crippen molar-refractivity contribution in [2.45, 2.75) is 31.7 Å². The smallest absolute Gasteiger partial charge is 0.345 e. The number of carbonyl (C=O) groups excluding carboxylic acids is 1. The lowest BCUT2D eigenvalue weighted by Gasteiger charge is -2.08. The molecule has 0 unspecified atom stereocenters. The maximum Gasteiger partial charge on any atom is 0.351 e. The Kier molecular flexibility index (Phi) is 4.79. The minimum atomic E-state index is -0.753. The SMILES string of the molecule is Cn1c(=O)c(-c2noc(C(=O)NC3CCCC3)n2)nn(-c2ccc(F)cc2)c1=O. The van der Waals surface area contributed by atoms with Gasteiger partial charge in [-0.2, -0.15) is 14.8 Å². The van der Waals surface area contributed by atoms with Gasteiger partial charge in [-0.15, -0.1) is 0 Å². The zero-order chi connectivity index (χ0) is 20.5. The summed E-state index contributed by atoms with van der Waals surface area (Å²) in [6.07, 6.45) is 3.87. The highest BCUT2D eigenvalue weighted by Gasteiger charge is 2.24. The number of carbonyl (C=O) groups is 1. The molecule has 150 valence electrons. The van der Waals surface area contributed by atoms with Crippen molar-refractivity contribution >= 4 is 5.91 Å². The van der Waals surface area contributed by atoms with Crippen LogP contribution in [0.5, 0.6) is 0 Å². The average Bonchev–Trinajstić information content (AvgIpc) is 3.39. The summed E-state index contributed by atoms with van der Waals surface area (Å²) in [7, 11) is 1.27. The van der Waals surface area contributed by atoms with E-state index < -0.39 is 23.0 Å². The molecule has 0 spiro atoms. The summed E-state index contributed by atoms with van der Waals surface area (Å²) in [5, 5.41) is 10.5. The molecule has 1 aliphatic rings. The van der Waals surface area contributed by atoms with Crippen LogP contribution < -0.4 is 16.6 Å². The van der Waals surface area contributed by atoms with Crippen LogP contribution in [0.3, 0.4) is 0 Å². The highest BCUT2D eigenvalue weighted by molar-refractivity contribution is 5.90. The molecule has 10 nitrogen and oxygen atoms in total. The number of nitrogens with zero attached hydrogens (tertiary/aromatic N) is 5. The maximum absolute atomic E-state index is 13.2. The largest absolute Gasteiger partial charge is 0.351 e. The van der Waals surface area contributed by atoms with Gasteiger partial charge in [-0.05, 0) is 37.1 Å². The van der Waals surface area contributed by atoms with Gasteiger partial charge < -0.3 is 9.84 Å². The molecule has 1 N–H and O–H groups in total. The second kappa shape index (κ2) is 7.41. The van der Waals surface area contributed by atoms with Crippen LogP contribution in [-0.4, -0.2) is 36.4 Å². The van der Waals surface area contributed by atoms with Gasteiger partial charge in [0.15, 0.2) is 5.69 Å². The zero-order valence-electron chi connectivity index (χ0n) is 15.5. The number of hydrogen-bond donors (Lipinski definition) is 1. The lowest BCUT2D eigenvalue weighted by atomic mass is 10.2. The third-order valence-electron chi connectivity index (χ3n) is 4.77. The first kappa shape index (κ1) is 18.7. The Labute approximate surface area is 163 Å². The van der Waals surface area contributed by atoms with Crippen molar-refractivity contribution in [3.63, 3.8) is 0 Å². The quantitative estimate of drug-likeness (QED) is 0.686. The highest BCUT2D eigenvalue weighted by Crippen LogP contribution is 2.18. The number of nitrogens with one attached hydrogen (secondary N) is 1. The van der Waals surface area contributed by atoms with Gasteiger partial charge in [-0.3, -0.25) is 14.2 Å². The molecular formula is C18H17FN6O4. The number of halogens is 1. The number of benzene rings is 1.